The molecule has 0 rings (SSSR count). The van der Waals surface area contributed by atoms with Gasteiger partial charge in [-0.05, 0) is 40.7 Å². The number of ether oxygens (including phenoxy) is 1. The Morgan fingerprint density at radius 1 is 1.47 bits per heavy atom. The maximum Gasteiger partial charge on any atom is 0.0801 e. The zero-order chi connectivity index (χ0) is 13.2. The van der Waals surface area contributed by atoms with Crippen LogP contribution in [0.15, 0.2) is 0 Å². The first-order valence-corrected chi connectivity index (χ1v) is 5.71. The zero-order valence-electron chi connectivity index (χ0n) is 11.9. The predicted molar refractivity (Wildman–Crippen MR) is 68.0 cm³/mol. The quantitative estimate of drug-likeness (QED) is 0.755. The van der Waals surface area contributed by atoms with Crippen molar-refractivity contribution in [3.05, 3.63) is 6.92 Å². The minimum atomic E-state index is -0.241. The maximum absolute atomic E-state index is 10.7. The number of amides is 1. The van der Waals surface area contributed by atoms with E-state index in [2.05, 4.69) is 12.2 Å². The first kappa shape index (κ1) is 22.5. The summed E-state index contributed by atoms with van der Waals surface area (Å²) in [5.41, 5.74) is 4.62. The van der Waals surface area contributed by atoms with Crippen molar-refractivity contribution < 1.29 is 42.2 Å². The standard InChI is InChI=1S/C10H20NO2.C2H7N.Y/c1-8(2)13-7-6-10(4,5)11-9(3)12;1-2-3;/h8H,3,6-7H2,1-2,4-5H3,(H,11,12);2-3H2,1H3;/q-1;;. The molecule has 0 aromatic heterocycles. The summed E-state index contributed by atoms with van der Waals surface area (Å²) in [5, 5.41) is 2.76. The Labute approximate surface area is 131 Å². The Morgan fingerprint density at radius 2 is 1.88 bits per heavy atom. The van der Waals surface area contributed by atoms with E-state index in [1.807, 2.05) is 34.6 Å². The van der Waals surface area contributed by atoms with E-state index in [9.17, 15) is 4.79 Å². The average Bonchev–Trinajstić information content (AvgIpc) is 2.00. The molecule has 4 nitrogen and oxygen atoms in total. The largest absolute Gasteiger partial charge is 0.379 e. The van der Waals surface area contributed by atoms with Crippen molar-refractivity contribution in [2.24, 2.45) is 5.73 Å². The van der Waals surface area contributed by atoms with Gasteiger partial charge in [0.15, 0.2) is 0 Å². The number of hydrogen-bond acceptors (Lipinski definition) is 3. The van der Waals surface area contributed by atoms with Gasteiger partial charge in [-0.3, -0.25) is 0 Å². The van der Waals surface area contributed by atoms with Crippen molar-refractivity contribution in [3.63, 3.8) is 0 Å². The Balaban J connectivity index is -0.000000440. The second-order valence-electron chi connectivity index (χ2n) is 4.51. The van der Waals surface area contributed by atoms with Crippen LogP contribution in [0.25, 0.3) is 0 Å². The first-order valence-electron chi connectivity index (χ1n) is 5.71. The minimum absolute atomic E-state index is 0. The Morgan fingerprint density at radius 3 is 2.18 bits per heavy atom. The molecular formula is C12H27N2O2Y-. The minimum Gasteiger partial charge on any atom is -0.379 e. The molecule has 0 heterocycles. The van der Waals surface area contributed by atoms with Crippen molar-refractivity contribution >= 4 is 5.91 Å². The van der Waals surface area contributed by atoms with Crippen molar-refractivity contribution in [1.29, 1.82) is 0 Å². The monoisotopic (exact) mass is 320 g/mol. The fourth-order valence-corrected chi connectivity index (χ4v) is 0.990. The molecule has 101 valence electrons. The van der Waals surface area contributed by atoms with Gasteiger partial charge in [0, 0.05) is 44.9 Å². The SMILES string of the molecule is CCN.[CH2-]C(=O)NC(C)(C)CCOC(C)C.[Y]. The van der Waals surface area contributed by atoms with Crippen LogP contribution in [0.1, 0.15) is 41.0 Å². The number of rotatable bonds is 5. The zero-order valence-corrected chi connectivity index (χ0v) is 14.7. The molecule has 0 aliphatic rings. The van der Waals surface area contributed by atoms with Crippen molar-refractivity contribution in [3.8, 4) is 0 Å². The smallest absolute Gasteiger partial charge is 0.0801 e. The van der Waals surface area contributed by atoms with Gasteiger partial charge in [0.25, 0.3) is 0 Å². The average molecular weight is 320 g/mol. The molecule has 0 unspecified atom stereocenters. The fourth-order valence-electron chi connectivity index (χ4n) is 0.990. The molecule has 5 heteroatoms. The van der Waals surface area contributed by atoms with Crippen LogP contribution in [0.3, 0.4) is 0 Å². The molecule has 0 saturated heterocycles. The van der Waals surface area contributed by atoms with E-state index in [0.717, 1.165) is 13.0 Å². The van der Waals surface area contributed by atoms with E-state index >= 15 is 0 Å². The molecule has 0 aromatic rings. The molecule has 0 fully saturated rings. The third-order valence-corrected chi connectivity index (χ3v) is 1.66. The van der Waals surface area contributed by atoms with Crippen LogP contribution in [0.5, 0.6) is 0 Å². The molecule has 0 atom stereocenters. The molecule has 17 heavy (non-hydrogen) atoms. The molecule has 3 N–H and O–H groups in total. The molecular weight excluding hydrogens is 293 g/mol. The summed E-state index contributed by atoms with van der Waals surface area (Å²) in [5.74, 6) is -0.241. The van der Waals surface area contributed by atoms with E-state index in [4.69, 9.17) is 10.5 Å². The summed E-state index contributed by atoms with van der Waals surface area (Å²) in [6, 6.07) is 0. The Bertz CT molecular complexity index is 185. The van der Waals surface area contributed by atoms with E-state index in [0.29, 0.717) is 6.61 Å². The van der Waals surface area contributed by atoms with Crippen LogP contribution in [0.2, 0.25) is 0 Å². The topological polar surface area (TPSA) is 64.4 Å². The van der Waals surface area contributed by atoms with Crippen LogP contribution in [0.4, 0.5) is 0 Å². The van der Waals surface area contributed by atoms with E-state index in [-0.39, 0.29) is 50.3 Å². The second-order valence-corrected chi connectivity index (χ2v) is 4.51. The maximum atomic E-state index is 10.7. The Hall–Kier alpha value is 0.364. The van der Waals surface area contributed by atoms with Gasteiger partial charge in [-0.2, -0.15) is 0 Å². The van der Waals surface area contributed by atoms with Gasteiger partial charge < -0.3 is 27.5 Å². The summed E-state index contributed by atoms with van der Waals surface area (Å²) in [7, 11) is 0. The van der Waals surface area contributed by atoms with Crippen LogP contribution < -0.4 is 11.1 Å². The third-order valence-electron chi connectivity index (χ3n) is 1.66. The number of carbonyl (C=O) groups excluding carboxylic acids is 1. The van der Waals surface area contributed by atoms with Gasteiger partial charge in [-0.25, -0.2) is 0 Å². The predicted octanol–water partition coefficient (Wildman–Crippen LogP) is 1.49. The van der Waals surface area contributed by atoms with Crippen LogP contribution >= 0.6 is 0 Å². The normalized spacial score (nSPS) is 10.1. The van der Waals surface area contributed by atoms with Gasteiger partial charge in [0.2, 0.25) is 0 Å². The number of hydrogen-bond donors (Lipinski definition) is 2. The van der Waals surface area contributed by atoms with Crippen molar-refractivity contribution in [2.45, 2.75) is 52.7 Å². The summed E-state index contributed by atoms with van der Waals surface area (Å²) in [4.78, 5) is 10.7. The molecule has 1 amide bonds. The van der Waals surface area contributed by atoms with E-state index in [1.165, 1.54) is 0 Å². The van der Waals surface area contributed by atoms with Crippen LogP contribution in [-0.2, 0) is 42.2 Å². The summed E-state index contributed by atoms with van der Waals surface area (Å²) in [6.07, 6.45) is 1.04. The molecule has 0 bridgehead atoms. The molecule has 0 spiro atoms. The van der Waals surface area contributed by atoms with Crippen LogP contribution in [0, 0.1) is 6.92 Å². The molecule has 0 saturated carbocycles. The third kappa shape index (κ3) is 22.1. The van der Waals surface area contributed by atoms with Crippen molar-refractivity contribution in [1.82, 2.24) is 5.32 Å². The molecule has 0 aliphatic carbocycles. The van der Waals surface area contributed by atoms with Gasteiger partial charge >= 0.3 is 0 Å². The van der Waals surface area contributed by atoms with Gasteiger partial charge in [0.05, 0.1) is 12.0 Å². The second kappa shape index (κ2) is 12.8. The summed E-state index contributed by atoms with van der Waals surface area (Å²) >= 11 is 0. The van der Waals surface area contributed by atoms with Gasteiger partial charge in [-0.15, -0.1) is 0 Å². The molecule has 0 aliphatic heterocycles. The van der Waals surface area contributed by atoms with Crippen LogP contribution in [-0.4, -0.2) is 30.7 Å². The van der Waals surface area contributed by atoms with Gasteiger partial charge in [0.1, 0.15) is 0 Å². The number of carbonyl (C=O) groups is 1. The van der Waals surface area contributed by atoms with E-state index in [1.54, 1.807) is 0 Å². The number of nitrogens with two attached hydrogens (primary N) is 1. The summed E-state index contributed by atoms with van der Waals surface area (Å²) in [6.45, 7) is 14.5. The van der Waals surface area contributed by atoms with Crippen molar-refractivity contribution in [2.75, 3.05) is 13.2 Å². The number of nitrogens with one attached hydrogen (secondary N) is 1. The first-order chi connectivity index (χ1) is 7.25. The molecule has 1 radical (unpaired) electrons. The fraction of sp³-hybridized carbons (Fsp3) is 0.833. The van der Waals surface area contributed by atoms with Gasteiger partial charge in [-0.1, -0.05) is 6.92 Å². The Kier molecular flexibility index (Phi) is 17.0. The van der Waals surface area contributed by atoms with E-state index < -0.39 is 0 Å². The molecule has 0 aromatic carbocycles. The summed E-state index contributed by atoms with van der Waals surface area (Å²) < 4.78 is 5.39.